The van der Waals surface area contributed by atoms with Crippen molar-refractivity contribution in [2.45, 2.75) is 55.7 Å². The fourth-order valence-corrected chi connectivity index (χ4v) is 4.75. The topological polar surface area (TPSA) is 50.4 Å². The van der Waals surface area contributed by atoms with E-state index >= 15 is 0 Å². The summed E-state index contributed by atoms with van der Waals surface area (Å²) in [6, 6.07) is 13.3. The molecule has 0 aromatic heterocycles. The van der Waals surface area contributed by atoms with Crippen molar-refractivity contribution in [3.63, 3.8) is 0 Å². The molecule has 2 N–H and O–H groups in total. The van der Waals surface area contributed by atoms with E-state index in [1.807, 2.05) is 0 Å². The van der Waals surface area contributed by atoms with Crippen LogP contribution >= 0.6 is 0 Å². The number of carbonyl (C=O) groups is 1. The summed E-state index contributed by atoms with van der Waals surface area (Å²) >= 11 is 0. The number of carbonyl (C=O) groups excluding carboxylic acids is 1. The van der Waals surface area contributed by atoms with E-state index in [1.165, 1.54) is 12.1 Å². The molecule has 4 rings (SSSR count). The summed E-state index contributed by atoms with van der Waals surface area (Å²) in [5.41, 5.74) is -1.35. The molecule has 3 aromatic rings. The van der Waals surface area contributed by atoms with E-state index in [0.29, 0.717) is 11.6 Å². The van der Waals surface area contributed by atoms with Crippen LogP contribution in [0.5, 0.6) is 5.75 Å². The molecule has 1 saturated carbocycles. The van der Waals surface area contributed by atoms with Gasteiger partial charge >= 0.3 is 18.6 Å². The molecule has 1 aliphatic rings. The molecule has 12 heteroatoms. The molecule has 40 heavy (non-hydrogen) atoms. The van der Waals surface area contributed by atoms with Gasteiger partial charge in [-0.25, -0.2) is 22.4 Å². The van der Waals surface area contributed by atoms with Crippen LogP contribution in [-0.4, -0.2) is 30.5 Å². The maximum Gasteiger partial charge on any atom is 0.461 e. The number of nitrogens with one attached hydrogen (secondary N) is 2. The normalized spacial score (nSPS) is 18.3. The highest BCUT2D eigenvalue weighted by Crippen LogP contribution is 2.38. The first-order chi connectivity index (χ1) is 18.8. The van der Waals surface area contributed by atoms with Crippen LogP contribution in [0, 0.1) is 11.6 Å². The lowest BCUT2D eigenvalue weighted by atomic mass is 9.77. The van der Waals surface area contributed by atoms with E-state index in [9.17, 15) is 39.9 Å². The third kappa shape index (κ3) is 6.83. The monoisotopic (exact) mass is 572 g/mol. The van der Waals surface area contributed by atoms with Gasteiger partial charge < -0.3 is 15.4 Å². The van der Waals surface area contributed by atoms with Gasteiger partial charge in [-0.15, -0.1) is 0 Å². The van der Waals surface area contributed by atoms with E-state index in [1.54, 1.807) is 30.3 Å². The second kappa shape index (κ2) is 11.3. The lowest BCUT2D eigenvalue weighted by Crippen LogP contribution is -2.54. The number of ether oxygens (including phenoxy) is 1. The molecule has 1 fully saturated rings. The Bertz CT molecular complexity index is 1320. The zero-order valence-corrected chi connectivity index (χ0v) is 20.8. The van der Waals surface area contributed by atoms with Crippen molar-refractivity contribution < 1.29 is 44.7 Å². The molecule has 0 bridgehead atoms. The van der Waals surface area contributed by atoms with Gasteiger partial charge in [-0.2, -0.15) is 17.6 Å². The van der Waals surface area contributed by atoms with Crippen LogP contribution in [0.25, 0.3) is 0 Å². The van der Waals surface area contributed by atoms with E-state index in [0.717, 1.165) is 24.3 Å². The SMILES string of the molecule is O=C(N[C@H]1CCC(F)(F)C1)N[C@](Cc1ccccc1)(c1ccc(F)cc1)c1cc(F)cc(OC(F)(F)C(F)F)c1. The average Bonchev–Trinajstić information content (AvgIpc) is 3.21. The van der Waals surface area contributed by atoms with E-state index in [2.05, 4.69) is 15.4 Å². The number of hydrogen-bond acceptors (Lipinski definition) is 2. The Labute approximate surface area is 224 Å². The third-order valence-corrected chi connectivity index (χ3v) is 6.59. The quantitative estimate of drug-likeness (QED) is 0.267. The minimum absolute atomic E-state index is 0.0106. The molecule has 4 nitrogen and oxygen atoms in total. The van der Waals surface area contributed by atoms with Gasteiger partial charge in [0.05, 0.1) is 5.54 Å². The van der Waals surface area contributed by atoms with Crippen LogP contribution in [-0.2, 0) is 12.0 Å². The first-order valence-corrected chi connectivity index (χ1v) is 12.2. The molecule has 0 aliphatic heterocycles. The molecule has 0 spiro atoms. The summed E-state index contributed by atoms with van der Waals surface area (Å²) in [5.74, 6) is -5.75. The maximum absolute atomic E-state index is 14.8. The molecule has 214 valence electrons. The van der Waals surface area contributed by atoms with Crippen molar-refractivity contribution in [1.29, 1.82) is 0 Å². The summed E-state index contributed by atoms with van der Waals surface area (Å²) in [6.07, 6.45) is -10.4. The molecule has 2 atom stereocenters. The number of alkyl halides is 6. The van der Waals surface area contributed by atoms with Crippen LogP contribution in [0.1, 0.15) is 36.0 Å². The largest absolute Gasteiger partial charge is 0.461 e. The van der Waals surface area contributed by atoms with Crippen LogP contribution in [0.2, 0.25) is 0 Å². The van der Waals surface area contributed by atoms with Crippen molar-refractivity contribution in [3.8, 4) is 5.75 Å². The van der Waals surface area contributed by atoms with Crippen LogP contribution in [0.3, 0.4) is 0 Å². The van der Waals surface area contributed by atoms with Crippen molar-refractivity contribution in [1.82, 2.24) is 10.6 Å². The number of urea groups is 1. The Morgan fingerprint density at radius 1 is 0.950 bits per heavy atom. The summed E-state index contributed by atoms with van der Waals surface area (Å²) in [7, 11) is 0. The van der Waals surface area contributed by atoms with Gasteiger partial charge in [0.1, 0.15) is 17.4 Å². The lowest BCUT2D eigenvalue weighted by molar-refractivity contribution is -0.253. The van der Waals surface area contributed by atoms with Gasteiger partial charge in [-0.05, 0) is 47.4 Å². The molecule has 0 radical (unpaired) electrons. The molecule has 3 aromatic carbocycles. The first kappa shape index (κ1) is 29.2. The summed E-state index contributed by atoms with van der Waals surface area (Å²) < 4.78 is 113. The molecule has 0 unspecified atom stereocenters. The fourth-order valence-electron chi connectivity index (χ4n) is 4.75. The first-order valence-electron chi connectivity index (χ1n) is 12.2. The lowest BCUT2D eigenvalue weighted by Gasteiger charge is -2.37. The smallest absolute Gasteiger partial charge is 0.428 e. The highest BCUT2D eigenvalue weighted by atomic mass is 19.3. The summed E-state index contributed by atoms with van der Waals surface area (Å²) in [6.45, 7) is 0. The second-order valence-electron chi connectivity index (χ2n) is 9.61. The van der Waals surface area contributed by atoms with Gasteiger partial charge in [0.25, 0.3) is 0 Å². The van der Waals surface area contributed by atoms with Crippen LogP contribution in [0.15, 0.2) is 72.8 Å². The van der Waals surface area contributed by atoms with Crippen molar-refractivity contribution in [3.05, 3.63) is 101 Å². The molecular weight excluding hydrogens is 548 g/mol. The van der Waals surface area contributed by atoms with Gasteiger partial charge in [-0.3, -0.25) is 0 Å². The van der Waals surface area contributed by atoms with Gasteiger partial charge in [0, 0.05) is 31.4 Å². The molecule has 0 saturated heterocycles. The van der Waals surface area contributed by atoms with Gasteiger partial charge in [-0.1, -0.05) is 42.5 Å². The van der Waals surface area contributed by atoms with E-state index in [-0.39, 0.29) is 24.0 Å². The van der Waals surface area contributed by atoms with Crippen LogP contribution < -0.4 is 15.4 Å². The summed E-state index contributed by atoms with van der Waals surface area (Å²) in [4.78, 5) is 13.2. The average molecular weight is 572 g/mol. The number of halogens is 8. The third-order valence-electron chi connectivity index (χ3n) is 6.59. The van der Waals surface area contributed by atoms with E-state index < -0.39 is 66.3 Å². The van der Waals surface area contributed by atoms with Crippen molar-refractivity contribution in [2.75, 3.05) is 0 Å². The number of benzene rings is 3. The number of hydrogen-bond donors (Lipinski definition) is 2. The zero-order valence-electron chi connectivity index (χ0n) is 20.8. The van der Waals surface area contributed by atoms with Crippen molar-refractivity contribution >= 4 is 6.03 Å². The molecule has 0 heterocycles. The minimum Gasteiger partial charge on any atom is -0.428 e. The molecule has 2 amide bonds. The fraction of sp³-hybridized carbons (Fsp3) is 0.321. The van der Waals surface area contributed by atoms with Gasteiger partial charge in [0.15, 0.2) is 0 Å². The Morgan fingerprint density at radius 2 is 1.62 bits per heavy atom. The predicted molar refractivity (Wildman–Crippen MR) is 130 cm³/mol. The minimum atomic E-state index is -4.96. The number of rotatable bonds is 9. The Kier molecular flexibility index (Phi) is 8.27. The highest BCUT2D eigenvalue weighted by molar-refractivity contribution is 5.76. The number of amides is 2. The predicted octanol–water partition coefficient (Wildman–Crippen LogP) is 7.17. The Morgan fingerprint density at radius 3 is 2.23 bits per heavy atom. The van der Waals surface area contributed by atoms with Crippen molar-refractivity contribution in [2.24, 2.45) is 0 Å². The molecular formula is C28H24F8N2O2. The van der Waals surface area contributed by atoms with E-state index in [4.69, 9.17) is 0 Å². The van der Waals surface area contributed by atoms with Crippen LogP contribution in [0.4, 0.5) is 39.9 Å². The molecule has 1 aliphatic carbocycles. The Hall–Kier alpha value is -3.83. The zero-order chi connectivity index (χ0) is 29.1. The van der Waals surface area contributed by atoms with Gasteiger partial charge in [0.2, 0.25) is 5.92 Å². The Balaban J connectivity index is 1.84. The maximum atomic E-state index is 14.8. The second-order valence-corrected chi connectivity index (χ2v) is 9.61. The standard InChI is InChI=1S/C28H24F8N2O2/c29-20-8-6-18(7-9-20)27(15-17-4-2-1-3-5-17,38-25(39)37-22-10-11-26(33,34)16-22)19-12-21(30)14-23(13-19)40-28(35,36)24(31)32/h1-9,12-14,22,24H,10-11,15-16H2,(H2,37,38,39)/t22-,27+/m0/s1. The highest BCUT2D eigenvalue weighted by Gasteiger charge is 2.45. The summed E-state index contributed by atoms with van der Waals surface area (Å²) in [5, 5.41) is 5.11.